The van der Waals surface area contributed by atoms with Crippen LogP contribution < -0.4 is 15.8 Å². The molecule has 0 saturated heterocycles. The molecule has 1 aliphatic carbocycles. The van der Waals surface area contributed by atoms with Crippen molar-refractivity contribution >= 4 is 28.5 Å². The average Bonchev–Trinajstić information content (AvgIpc) is 3.44. The molecule has 0 spiro atoms. The number of amides is 1. The number of aromatic nitrogens is 2. The molecule has 4 rings (SSSR count). The van der Waals surface area contributed by atoms with Gasteiger partial charge >= 0.3 is 0 Å². The Morgan fingerprint density at radius 3 is 2.81 bits per heavy atom. The summed E-state index contributed by atoms with van der Waals surface area (Å²) in [5.41, 5.74) is 3.73. The lowest BCUT2D eigenvalue weighted by molar-refractivity contribution is 0.102. The van der Waals surface area contributed by atoms with Gasteiger partial charge in [0.1, 0.15) is 17.9 Å². The Bertz CT molecular complexity index is 1140. The Morgan fingerprint density at radius 2 is 2.16 bits per heavy atom. The van der Waals surface area contributed by atoms with Crippen molar-refractivity contribution in [3.8, 4) is 18.2 Å². The number of alkyl halides is 1. The molecule has 166 valence electrons. The maximum Gasteiger partial charge on any atom is 0.275 e. The fourth-order valence-corrected chi connectivity index (χ4v) is 5.38. The highest BCUT2D eigenvalue weighted by Gasteiger charge is 2.63. The number of anilines is 1. The van der Waals surface area contributed by atoms with E-state index >= 15 is 0 Å². The molecule has 2 aliphatic rings. The first-order valence-electron chi connectivity index (χ1n) is 9.58. The summed E-state index contributed by atoms with van der Waals surface area (Å²) in [6.45, 7) is 0.814. The van der Waals surface area contributed by atoms with Crippen LogP contribution in [0.2, 0.25) is 0 Å². The molecule has 1 aliphatic heterocycles. The van der Waals surface area contributed by atoms with E-state index in [4.69, 9.17) is 16.9 Å². The number of benzene rings is 1. The van der Waals surface area contributed by atoms with Crippen LogP contribution in [0.1, 0.15) is 23.0 Å². The van der Waals surface area contributed by atoms with Crippen LogP contribution in [0.15, 0.2) is 29.5 Å². The first kappa shape index (κ1) is 22.0. The summed E-state index contributed by atoms with van der Waals surface area (Å²) in [5.74, 6) is -1.13. The van der Waals surface area contributed by atoms with E-state index in [0.29, 0.717) is 0 Å². The van der Waals surface area contributed by atoms with Gasteiger partial charge in [-0.3, -0.25) is 4.79 Å². The van der Waals surface area contributed by atoms with Crippen molar-refractivity contribution in [2.45, 2.75) is 17.7 Å². The lowest BCUT2D eigenvalue weighted by Crippen LogP contribution is -2.37. The molecule has 0 bridgehead atoms. The van der Waals surface area contributed by atoms with Crippen LogP contribution in [0.4, 0.5) is 18.9 Å². The van der Waals surface area contributed by atoms with Gasteiger partial charge in [0, 0.05) is 28.5 Å². The molecule has 1 fully saturated rings. The van der Waals surface area contributed by atoms with Gasteiger partial charge in [-0.2, -0.15) is 0 Å². The van der Waals surface area contributed by atoms with Crippen molar-refractivity contribution in [2.75, 3.05) is 18.6 Å². The number of terminal acetylenes is 1. The van der Waals surface area contributed by atoms with Gasteiger partial charge in [0.25, 0.3) is 5.91 Å². The van der Waals surface area contributed by atoms with Gasteiger partial charge in [-0.25, -0.2) is 28.1 Å². The van der Waals surface area contributed by atoms with E-state index in [9.17, 15) is 18.0 Å². The third-order valence-corrected chi connectivity index (χ3v) is 6.86. The molecule has 3 N–H and O–H groups in total. The van der Waals surface area contributed by atoms with Crippen LogP contribution in [0.5, 0.6) is 5.88 Å². The number of nitrogens with zero attached hydrogens (tertiary/aromatic N) is 3. The number of thioether (sulfide) groups is 1. The third-order valence-electron chi connectivity index (χ3n) is 5.54. The number of aliphatic imine (C=N–C) groups is 1. The fourth-order valence-electron chi connectivity index (χ4n) is 3.98. The summed E-state index contributed by atoms with van der Waals surface area (Å²) >= 11 is 1.30. The Kier molecular flexibility index (Phi) is 5.73. The zero-order valence-electron chi connectivity index (χ0n) is 16.8. The zero-order valence-corrected chi connectivity index (χ0v) is 17.6. The third kappa shape index (κ3) is 3.75. The molecule has 2 aromatic rings. The van der Waals surface area contributed by atoms with Crippen molar-refractivity contribution in [3.63, 3.8) is 0 Å². The molecule has 32 heavy (non-hydrogen) atoms. The minimum atomic E-state index is -1.65. The predicted octanol–water partition coefficient (Wildman–Crippen LogP) is 2.88. The number of nitrogens with one attached hydrogen (secondary N) is 1. The Morgan fingerprint density at radius 1 is 1.38 bits per heavy atom. The number of hydrogen-bond acceptors (Lipinski definition) is 7. The number of halogens is 3. The molecule has 0 radical (unpaired) electrons. The second-order valence-electron chi connectivity index (χ2n) is 7.48. The number of nitrogens with two attached hydrogens (primary N) is 1. The molecule has 11 heteroatoms. The summed E-state index contributed by atoms with van der Waals surface area (Å²) in [7, 11) is 0. The van der Waals surface area contributed by atoms with E-state index in [1.807, 2.05) is 6.92 Å². The topological polar surface area (TPSA) is 102 Å². The first-order chi connectivity index (χ1) is 15.3. The normalized spacial score (nSPS) is 25.8. The Balaban J connectivity index is 1.64. The minimum Gasteiger partial charge on any atom is -0.463 e. The first-order valence-corrected chi connectivity index (χ1v) is 10.5. The van der Waals surface area contributed by atoms with Crippen molar-refractivity contribution in [3.05, 3.63) is 47.4 Å². The van der Waals surface area contributed by atoms with Gasteiger partial charge in [-0.05, 0) is 12.0 Å². The van der Waals surface area contributed by atoms with Gasteiger partial charge in [-0.15, -0.1) is 6.42 Å². The molecular formula is C21H18F3N5O2S. The molecule has 2 heterocycles. The van der Waals surface area contributed by atoms with E-state index in [1.165, 1.54) is 24.0 Å². The number of carbonyl (C=O) groups is 1. The largest absolute Gasteiger partial charge is 0.463 e. The lowest BCUT2D eigenvalue weighted by atomic mass is 9.84. The van der Waals surface area contributed by atoms with E-state index in [0.717, 1.165) is 12.3 Å². The number of fused-ring (bicyclic) bond motifs is 1. The molecule has 7 nitrogen and oxygen atoms in total. The number of ether oxygens (including phenoxy) is 1. The lowest BCUT2D eigenvalue weighted by Gasteiger charge is -2.32. The van der Waals surface area contributed by atoms with E-state index in [1.54, 1.807) is 0 Å². The standard InChI is InChI=1S/C21H18F3N5O2S/c1-3-4-31-15-8-26-14(7-27-15)19(30)28-11-5-12(17(24)13(23)6-11)21(9-22)16-10(2)18(16)32-20(25)29-21/h1,5-8,10,16,18H,4,9H2,2H3,(H2,25,29)(H,28,30)/t10?,16-,18+,21-/m1/s1. The number of rotatable bonds is 6. The van der Waals surface area contributed by atoms with Gasteiger partial charge in [-0.1, -0.05) is 24.6 Å². The van der Waals surface area contributed by atoms with Gasteiger partial charge in [0.15, 0.2) is 23.4 Å². The molecule has 4 atom stereocenters. The predicted molar refractivity (Wildman–Crippen MR) is 114 cm³/mol. The fraction of sp³-hybridized carbons (Fsp3) is 0.333. The highest BCUT2D eigenvalue weighted by atomic mass is 32.2. The molecule has 1 aromatic heterocycles. The summed E-state index contributed by atoms with van der Waals surface area (Å²) < 4.78 is 48.7. The zero-order chi connectivity index (χ0) is 23.0. The number of carbonyl (C=O) groups excluding carboxylic acids is 1. The molecule has 1 saturated carbocycles. The SMILES string of the molecule is C#CCOc1cnc(C(=O)Nc2cc(F)c(F)c([C@@]3(CF)N=C(N)S[C@H]4C(C)[C@H]43)c2)cn1. The van der Waals surface area contributed by atoms with Crippen molar-refractivity contribution in [1.82, 2.24) is 9.97 Å². The smallest absolute Gasteiger partial charge is 0.275 e. The molecule has 1 amide bonds. The second kappa shape index (κ2) is 8.35. The highest BCUT2D eigenvalue weighted by molar-refractivity contribution is 8.14. The van der Waals surface area contributed by atoms with Gasteiger partial charge in [0.05, 0.1) is 12.4 Å². The van der Waals surface area contributed by atoms with E-state index < -0.39 is 29.8 Å². The maximum atomic E-state index is 14.8. The molecule has 1 unspecified atom stereocenters. The van der Waals surface area contributed by atoms with Crippen molar-refractivity contribution in [2.24, 2.45) is 22.6 Å². The summed E-state index contributed by atoms with van der Waals surface area (Å²) in [6, 6.07) is 1.99. The van der Waals surface area contributed by atoms with Crippen LogP contribution >= 0.6 is 11.8 Å². The van der Waals surface area contributed by atoms with Crippen molar-refractivity contribution in [1.29, 1.82) is 0 Å². The summed E-state index contributed by atoms with van der Waals surface area (Å²) in [4.78, 5) is 24.5. The summed E-state index contributed by atoms with van der Waals surface area (Å²) in [6.07, 6.45) is 7.44. The van der Waals surface area contributed by atoms with Crippen molar-refractivity contribution < 1.29 is 22.7 Å². The van der Waals surface area contributed by atoms with Gasteiger partial charge < -0.3 is 15.8 Å². The van der Waals surface area contributed by atoms with E-state index in [2.05, 4.69) is 26.2 Å². The Hall–Kier alpha value is -3.26. The molecular weight excluding hydrogens is 443 g/mol. The highest BCUT2D eigenvalue weighted by Crippen LogP contribution is 2.62. The molecule has 1 aromatic carbocycles. The average molecular weight is 461 g/mol. The Labute approximate surface area is 186 Å². The monoisotopic (exact) mass is 461 g/mol. The number of hydrogen-bond donors (Lipinski definition) is 2. The van der Waals surface area contributed by atoms with Crippen LogP contribution in [0.3, 0.4) is 0 Å². The van der Waals surface area contributed by atoms with Crippen LogP contribution in [0.25, 0.3) is 0 Å². The van der Waals surface area contributed by atoms with Crippen LogP contribution in [-0.2, 0) is 5.54 Å². The summed E-state index contributed by atoms with van der Waals surface area (Å²) in [5, 5.41) is 2.51. The van der Waals surface area contributed by atoms with Crippen LogP contribution in [-0.4, -0.2) is 39.6 Å². The maximum absolute atomic E-state index is 14.8. The van der Waals surface area contributed by atoms with Crippen LogP contribution in [0, 0.1) is 35.8 Å². The minimum absolute atomic E-state index is 0.0137. The quantitative estimate of drug-likeness (QED) is 0.642. The number of amidine groups is 1. The second-order valence-corrected chi connectivity index (χ2v) is 8.68. The van der Waals surface area contributed by atoms with E-state index in [-0.39, 0.29) is 51.7 Å². The van der Waals surface area contributed by atoms with Gasteiger partial charge in [0.2, 0.25) is 5.88 Å².